The highest BCUT2D eigenvalue weighted by molar-refractivity contribution is 5.54. The van der Waals surface area contributed by atoms with Crippen molar-refractivity contribution in [3.63, 3.8) is 0 Å². The smallest absolute Gasteiger partial charge is 0.0952 e. The van der Waals surface area contributed by atoms with E-state index < -0.39 is 0 Å². The van der Waals surface area contributed by atoms with Crippen molar-refractivity contribution in [2.45, 2.75) is 25.9 Å². The molecule has 2 N–H and O–H groups in total. The maximum Gasteiger partial charge on any atom is 0.0952 e. The molecule has 1 atom stereocenters. The molecule has 0 aliphatic heterocycles. The molecule has 18 heavy (non-hydrogen) atoms. The van der Waals surface area contributed by atoms with Gasteiger partial charge in [-0.3, -0.25) is 0 Å². The van der Waals surface area contributed by atoms with Gasteiger partial charge in [0.2, 0.25) is 0 Å². The molecule has 0 aliphatic rings. The Morgan fingerprint density at radius 2 is 2.06 bits per heavy atom. The number of para-hydroxylation sites is 1. The van der Waals surface area contributed by atoms with Crippen LogP contribution in [0.2, 0.25) is 0 Å². The fourth-order valence-electron chi connectivity index (χ4n) is 2.11. The lowest BCUT2D eigenvalue weighted by Crippen LogP contribution is -2.20. The highest BCUT2D eigenvalue weighted by Gasteiger charge is 2.12. The lowest BCUT2D eigenvalue weighted by molar-refractivity contribution is 0.563. The number of nitrogens with zero attached hydrogens (tertiary/aromatic N) is 1. The van der Waals surface area contributed by atoms with Crippen LogP contribution < -0.4 is 10.6 Å². The molecular formula is C15H20N2O. The first-order chi connectivity index (χ1) is 8.72. The first kappa shape index (κ1) is 12.7. The SMILES string of the molecule is CCC(N)c1ccccc1N(C)Cc1ccoc1. The monoisotopic (exact) mass is 244 g/mol. The molecule has 0 aliphatic carbocycles. The number of anilines is 1. The number of rotatable bonds is 5. The zero-order chi connectivity index (χ0) is 13.0. The van der Waals surface area contributed by atoms with Crippen LogP contribution in [0.3, 0.4) is 0 Å². The number of hydrogen-bond acceptors (Lipinski definition) is 3. The summed E-state index contributed by atoms with van der Waals surface area (Å²) in [6.45, 7) is 2.93. The Morgan fingerprint density at radius 1 is 1.28 bits per heavy atom. The van der Waals surface area contributed by atoms with Crippen LogP contribution in [-0.2, 0) is 6.54 Å². The molecule has 0 spiro atoms. The summed E-state index contributed by atoms with van der Waals surface area (Å²) >= 11 is 0. The van der Waals surface area contributed by atoms with Crippen LogP contribution in [0.5, 0.6) is 0 Å². The summed E-state index contributed by atoms with van der Waals surface area (Å²) in [7, 11) is 2.08. The first-order valence-corrected chi connectivity index (χ1v) is 6.29. The van der Waals surface area contributed by atoms with E-state index in [2.05, 4.69) is 31.0 Å². The average Bonchev–Trinajstić information content (AvgIpc) is 2.90. The number of furan rings is 1. The van der Waals surface area contributed by atoms with E-state index in [1.165, 1.54) is 11.3 Å². The lowest BCUT2D eigenvalue weighted by Gasteiger charge is -2.24. The fraction of sp³-hybridized carbons (Fsp3) is 0.333. The molecule has 1 heterocycles. The minimum atomic E-state index is 0.0907. The Balaban J connectivity index is 2.21. The van der Waals surface area contributed by atoms with Crippen molar-refractivity contribution >= 4 is 5.69 Å². The molecule has 1 unspecified atom stereocenters. The van der Waals surface area contributed by atoms with E-state index in [4.69, 9.17) is 10.2 Å². The van der Waals surface area contributed by atoms with Crippen molar-refractivity contribution in [3.8, 4) is 0 Å². The molecule has 0 saturated heterocycles. The molecule has 96 valence electrons. The Bertz CT molecular complexity index is 479. The van der Waals surface area contributed by atoms with Gasteiger partial charge in [0.15, 0.2) is 0 Å². The van der Waals surface area contributed by atoms with Crippen molar-refractivity contribution in [1.82, 2.24) is 0 Å². The standard InChI is InChI=1S/C15H20N2O/c1-3-14(16)13-6-4-5-7-15(13)17(2)10-12-8-9-18-11-12/h4-9,11,14H,3,10,16H2,1-2H3. The molecule has 2 rings (SSSR count). The van der Waals surface area contributed by atoms with Gasteiger partial charge in [0.25, 0.3) is 0 Å². The third-order valence-electron chi connectivity index (χ3n) is 3.19. The van der Waals surface area contributed by atoms with E-state index in [9.17, 15) is 0 Å². The first-order valence-electron chi connectivity index (χ1n) is 6.29. The van der Waals surface area contributed by atoms with Crippen molar-refractivity contribution in [2.24, 2.45) is 5.73 Å². The van der Waals surface area contributed by atoms with E-state index >= 15 is 0 Å². The van der Waals surface area contributed by atoms with Gasteiger partial charge in [-0.1, -0.05) is 25.1 Å². The van der Waals surface area contributed by atoms with Crippen LogP contribution in [0.4, 0.5) is 5.69 Å². The molecule has 1 aromatic heterocycles. The van der Waals surface area contributed by atoms with Crippen molar-refractivity contribution in [2.75, 3.05) is 11.9 Å². The Morgan fingerprint density at radius 3 is 2.72 bits per heavy atom. The highest BCUT2D eigenvalue weighted by atomic mass is 16.3. The van der Waals surface area contributed by atoms with E-state index in [1.54, 1.807) is 12.5 Å². The molecule has 0 saturated carbocycles. The van der Waals surface area contributed by atoms with Gasteiger partial charge in [0.1, 0.15) is 0 Å². The maximum atomic E-state index is 6.16. The van der Waals surface area contributed by atoms with Gasteiger partial charge in [0, 0.05) is 30.9 Å². The van der Waals surface area contributed by atoms with E-state index in [0.717, 1.165) is 18.5 Å². The van der Waals surface area contributed by atoms with Gasteiger partial charge >= 0.3 is 0 Å². The van der Waals surface area contributed by atoms with Gasteiger partial charge in [-0.2, -0.15) is 0 Å². The predicted molar refractivity (Wildman–Crippen MR) is 74.5 cm³/mol. The Labute approximate surface area is 108 Å². The summed E-state index contributed by atoms with van der Waals surface area (Å²) in [6.07, 6.45) is 4.42. The van der Waals surface area contributed by atoms with E-state index in [0.29, 0.717) is 0 Å². The third kappa shape index (κ3) is 2.74. The summed E-state index contributed by atoms with van der Waals surface area (Å²) < 4.78 is 5.10. The van der Waals surface area contributed by atoms with E-state index in [1.807, 2.05) is 18.2 Å². The summed E-state index contributed by atoms with van der Waals surface area (Å²) in [5.41, 5.74) is 9.71. The topological polar surface area (TPSA) is 42.4 Å². The zero-order valence-electron chi connectivity index (χ0n) is 11.0. The number of nitrogens with two attached hydrogens (primary N) is 1. The van der Waals surface area contributed by atoms with Crippen LogP contribution in [0.1, 0.15) is 30.5 Å². The predicted octanol–water partition coefficient (Wildman–Crippen LogP) is 3.33. The zero-order valence-corrected chi connectivity index (χ0v) is 11.0. The van der Waals surface area contributed by atoms with Gasteiger partial charge in [-0.15, -0.1) is 0 Å². The van der Waals surface area contributed by atoms with Crippen LogP contribution >= 0.6 is 0 Å². The van der Waals surface area contributed by atoms with Crippen molar-refractivity contribution < 1.29 is 4.42 Å². The summed E-state index contributed by atoms with van der Waals surface area (Å²) in [5.74, 6) is 0. The molecule has 0 bridgehead atoms. The second-order valence-electron chi connectivity index (χ2n) is 4.56. The molecule has 3 nitrogen and oxygen atoms in total. The Hall–Kier alpha value is -1.74. The highest BCUT2D eigenvalue weighted by Crippen LogP contribution is 2.26. The van der Waals surface area contributed by atoms with Gasteiger partial charge < -0.3 is 15.1 Å². The largest absolute Gasteiger partial charge is 0.472 e. The summed E-state index contributed by atoms with van der Waals surface area (Å²) in [5, 5.41) is 0. The lowest BCUT2D eigenvalue weighted by atomic mass is 10.0. The summed E-state index contributed by atoms with van der Waals surface area (Å²) in [6, 6.07) is 10.4. The van der Waals surface area contributed by atoms with E-state index in [-0.39, 0.29) is 6.04 Å². The Kier molecular flexibility index (Phi) is 4.05. The molecular weight excluding hydrogens is 224 g/mol. The second-order valence-corrected chi connectivity index (χ2v) is 4.56. The van der Waals surface area contributed by atoms with Crippen LogP contribution in [0.15, 0.2) is 47.3 Å². The third-order valence-corrected chi connectivity index (χ3v) is 3.19. The molecule has 2 aromatic rings. The quantitative estimate of drug-likeness (QED) is 0.877. The van der Waals surface area contributed by atoms with Crippen molar-refractivity contribution in [3.05, 3.63) is 54.0 Å². The normalized spacial score (nSPS) is 12.4. The second kappa shape index (κ2) is 5.74. The van der Waals surface area contributed by atoms with Crippen molar-refractivity contribution in [1.29, 1.82) is 0 Å². The van der Waals surface area contributed by atoms with Gasteiger partial charge in [-0.05, 0) is 24.1 Å². The van der Waals surface area contributed by atoms with Crippen LogP contribution in [-0.4, -0.2) is 7.05 Å². The maximum absolute atomic E-state index is 6.16. The van der Waals surface area contributed by atoms with Crippen LogP contribution in [0.25, 0.3) is 0 Å². The van der Waals surface area contributed by atoms with Gasteiger partial charge in [-0.25, -0.2) is 0 Å². The minimum absolute atomic E-state index is 0.0907. The number of hydrogen-bond donors (Lipinski definition) is 1. The van der Waals surface area contributed by atoms with Gasteiger partial charge in [0.05, 0.1) is 12.5 Å². The minimum Gasteiger partial charge on any atom is -0.472 e. The molecule has 1 aromatic carbocycles. The van der Waals surface area contributed by atoms with Crippen LogP contribution in [0, 0.1) is 0 Å². The number of benzene rings is 1. The molecule has 0 amide bonds. The average molecular weight is 244 g/mol. The fourth-order valence-corrected chi connectivity index (χ4v) is 2.11. The molecule has 0 radical (unpaired) electrons. The summed E-state index contributed by atoms with van der Waals surface area (Å²) in [4.78, 5) is 2.20. The molecule has 0 fully saturated rings. The molecule has 3 heteroatoms.